The molecule has 328 valence electrons. The zero-order valence-corrected chi connectivity index (χ0v) is 32.2. The van der Waals surface area contributed by atoms with Gasteiger partial charge in [0.1, 0.15) is 91.2 Å². The summed E-state index contributed by atoms with van der Waals surface area (Å²) in [5, 5.41) is 117. The van der Waals surface area contributed by atoms with E-state index >= 15 is 0 Å². The van der Waals surface area contributed by atoms with Gasteiger partial charge in [-0.1, -0.05) is 20.8 Å². The van der Waals surface area contributed by atoms with Crippen LogP contribution in [0.25, 0.3) is 0 Å². The van der Waals surface area contributed by atoms with Gasteiger partial charge in [0, 0.05) is 28.9 Å². The maximum Gasteiger partial charge on any atom is 0.336 e. The van der Waals surface area contributed by atoms with E-state index in [0.29, 0.717) is 11.1 Å². The van der Waals surface area contributed by atoms with Crippen LogP contribution in [0.3, 0.4) is 0 Å². The average Bonchev–Trinajstić information content (AvgIpc) is 3.45. The van der Waals surface area contributed by atoms with Crippen LogP contribution < -0.4 is 5.63 Å². The third kappa shape index (κ3) is 7.14. The molecule has 7 rings (SSSR count). The zero-order valence-electron chi connectivity index (χ0n) is 32.2. The number of aliphatic hydroxyl groups is 11. The van der Waals surface area contributed by atoms with E-state index in [2.05, 4.69) is 0 Å². The normalized spacial score (nSPS) is 49.0. The largest absolute Gasteiger partial charge is 0.458 e. The fraction of sp³-hybridized carbons (Fsp3) is 0.838. The third-order valence-corrected chi connectivity index (χ3v) is 12.9. The Morgan fingerprint density at radius 2 is 1.26 bits per heavy atom. The Hall–Kier alpha value is -2.26. The molecule has 0 amide bonds. The molecule has 0 spiro atoms. The lowest BCUT2D eigenvalue weighted by atomic mass is 9.49. The van der Waals surface area contributed by atoms with E-state index in [1.165, 1.54) is 6.07 Å². The number of carbonyl (C=O) groups excluding carboxylic acids is 1. The van der Waals surface area contributed by atoms with Crippen molar-refractivity contribution in [3.63, 3.8) is 0 Å². The van der Waals surface area contributed by atoms with Crippen molar-refractivity contribution >= 4 is 5.97 Å². The molecule has 5 fully saturated rings. The molecular formula is C37H54O21. The number of aliphatic hydroxyl groups excluding tert-OH is 11. The lowest BCUT2D eigenvalue weighted by Gasteiger charge is -2.55. The highest BCUT2D eigenvalue weighted by Crippen LogP contribution is 2.64. The monoisotopic (exact) mass is 834 g/mol. The van der Waals surface area contributed by atoms with E-state index in [4.69, 9.17) is 37.6 Å². The molecule has 4 saturated heterocycles. The Labute approximate surface area is 331 Å². The summed E-state index contributed by atoms with van der Waals surface area (Å²) < 4.78 is 45.8. The van der Waals surface area contributed by atoms with E-state index in [0.717, 1.165) is 0 Å². The van der Waals surface area contributed by atoms with Gasteiger partial charge in [0.15, 0.2) is 18.9 Å². The van der Waals surface area contributed by atoms with E-state index in [1.807, 2.05) is 6.92 Å². The minimum atomic E-state index is -1.91. The number of fused-ring (bicyclic) bond motifs is 2. The summed E-state index contributed by atoms with van der Waals surface area (Å²) in [5.41, 5.74) is -2.08. The molecule has 0 radical (unpaired) electrons. The van der Waals surface area contributed by atoms with Gasteiger partial charge < -0.3 is 93.7 Å². The number of hydrogen-bond donors (Lipinski definition) is 11. The van der Waals surface area contributed by atoms with Gasteiger partial charge in [-0.2, -0.15) is 0 Å². The molecule has 58 heavy (non-hydrogen) atoms. The molecule has 1 saturated carbocycles. The Bertz CT molecular complexity index is 1710. The second-order valence-electron chi connectivity index (χ2n) is 17.1. The van der Waals surface area contributed by atoms with Crippen LogP contribution in [0.15, 0.2) is 15.3 Å². The Morgan fingerprint density at radius 3 is 1.88 bits per heavy atom. The Balaban J connectivity index is 1.08. The highest BCUT2D eigenvalue weighted by Gasteiger charge is 2.69. The summed E-state index contributed by atoms with van der Waals surface area (Å²) in [7, 11) is 0. The van der Waals surface area contributed by atoms with Crippen LogP contribution in [0.2, 0.25) is 0 Å². The van der Waals surface area contributed by atoms with Gasteiger partial charge in [0.25, 0.3) is 0 Å². The van der Waals surface area contributed by atoms with Crippen molar-refractivity contribution in [1.29, 1.82) is 0 Å². The number of carbonyl (C=O) groups is 1. The lowest BCUT2D eigenvalue weighted by Crippen LogP contribution is -2.65. The van der Waals surface area contributed by atoms with E-state index < -0.39 is 159 Å². The molecule has 21 nitrogen and oxygen atoms in total. The van der Waals surface area contributed by atoms with E-state index in [1.54, 1.807) is 20.8 Å². The van der Waals surface area contributed by atoms with Crippen molar-refractivity contribution in [3.05, 3.63) is 33.4 Å². The van der Waals surface area contributed by atoms with E-state index in [-0.39, 0.29) is 24.5 Å². The van der Waals surface area contributed by atoms with Gasteiger partial charge in [-0.05, 0) is 25.3 Å². The molecule has 2 aliphatic carbocycles. The number of hydrogen-bond acceptors (Lipinski definition) is 21. The summed E-state index contributed by atoms with van der Waals surface area (Å²) in [5.74, 6) is -1.25. The third-order valence-electron chi connectivity index (χ3n) is 12.9. The maximum absolute atomic E-state index is 13.6. The lowest BCUT2D eigenvalue weighted by molar-refractivity contribution is -0.366. The summed E-state index contributed by atoms with van der Waals surface area (Å²) in [6.07, 6.45) is -28.8. The van der Waals surface area contributed by atoms with Crippen LogP contribution in [0.1, 0.15) is 69.4 Å². The van der Waals surface area contributed by atoms with Crippen LogP contribution >= 0.6 is 0 Å². The summed E-state index contributed by atoms with van der Waals surface area (Å²) in [6.45, 7) is 4.83. The maximum atomic E-state index is 13.6. The first kappa shape index (κ1) is 43.8. The van der Waals surface area contributed by atoms with Crippen LogP contribution in [0, 0.1) is 11.3 Å². The molecule has 4 aliphatic heterocycles. The Kier molecular flexibility index (Phi) is 12.2. The summed E-state index contributed by atoms with van der Waals surface area (Å²) in [4.78, 5) is 26.5. The first-order valence-corrected chi connectivity index (χ1v) is 19.4. The van der Waals surface area contributed by atoms with Crippen LogP contribution in [0.5, 0.6) is 0 Å². The summed E-state index contributed by atoms with van der Waals surface area (Å²) >= 11 is 0. The van der Waals surface area contributed by atoms with Crippen molar-refractivity contribution in [1.82, 2.24) is 0 Å². The quantitative estimate of drug-likeness (QED) is 0.0986. The van der Waals surface area contributed by atoms with Gasteiger partial charge in [-0.25, -0.2) is 4.79 Å². The van der Waals surface area contributed by atoms with E-state index in [9.17, 15) is 65.8 Å². The average molecular weight is 835 g/mol. The van der Waals surface area contributed by atoms with Crippen LogP contribution in [-0.2, 0) is 43.4 Å². The Morgan fingerprint density at radius 1 is 0.707 bits per heavy atom. The number of ether oxygens (including phenoxy) is 7. The van der Waals surface area contributed by atoms with Crippen LogP contribution in [-0.4, -0.2) is 186 Å². The second-order valence-corrected chi connectivity index (χ2v) is 17.1. The van der Waals surface area contributed by atoms with Gasteiger partial charge >= 0.3 is 11.6 Å². The molecule has 0 unspecified atom stereocenters. The standard InChI is InChI=1S/C37H54O21/c1-11(2)28-18-13(5-17(40)56-28)36(3)6-12(7-37(4)31(36)30(22(18)44)58-35(37)50)52-33-25(47)24(46)20(42)16(55-33)10-51-32-27(49)29(21(43)15(9-39)53-32)57-34-26(48)23(45)19(41)14(8-38)54-34/h5,11-12,14-16,19-27,29-34,38-39,41-49H,6-10H2,1-4H3/t12-,14-,15-,16-,19-,20-,21-,22-,23+,24+,25-,26-,27-,29+,30-,31-,32-,33-,34+,36-,37+/m1/s1. The van der Waals surface area contributed by atoms with Crippen molar-refractivity contribution in [2.75, 3.05) is 19.8 Å². The molecule has 11 N–H and O–H groups in total. The first-order valence-electron chi connectivity index (χ1n) is 19.4. The molecule has 1 aromatic heterocycles. The molecule has 6 aliphatic rings. The minimum Gasteiger partial charge on any atom is -0.458 e. The van der Waals surface area contributed by atoms with Gasteiger partial charge in [0.2, 0.25) is 0 Å². The fourth-order valence-electron chi connectivity index (χ4n) is 9.98. The van der Waals surface area contributed by atoms with Crippen molar-refractivity contribution in [2.45, 2.75) is 162 Å². The molecule has 1 aromatic rings. The molecule has 21 atom stereocenters. The first-order chi connectivity index (χ1) is 27.3. The molecule has 5 heterocycles. The second kappa shape index (κ2) is 16.2. The summed E-state index contributed by atoms with van der Waals surface area (Å²) in [6, 6.07) is 1.30. The van der Waals surface area contributed by atoms with Gasteiger partial charge in [-0.3, -0.25) is 4.79 Å². The molecule has 21 heteroatoms. The smallest absolute Gasteiger partial charge is 0.336 e. The zero-order chi connectivity index (χ0) is 42.3. The van der Waals surface area contributed by atoms with Gasteiger partial charge in [-0.15, -0.1) is 0 Å². The van der Waals surface area contributed by atoms with Gasteiger partial charge in [0.05, 0.1) is 31.3 Å². The van der Waals surface area contributed by atoms with Crippen molar-refractivity contribution < 1.29 is 98.5 Å². The van der Waals surface area contributed by atoms with Crippen molar-refractivity contribution in [3.8, 4) is 0 Å². The fourth-order valence-corrected chi connectivity index (χ4v) is 9.98. The highest BCUT2D eigenvalue weighted by atomic mass is 16.7. The molecular weight excluding hydrogens is 780 g/mol. The minimum absolute atomic E-state index is 0.0261. The number of rotatable bonds is 10. The predicted octanol–water partition coefficient (Wildman–Crippen LogP) is -4.76. The SMILES string of the molecule is CC(C)c1oc(=O)cc2c1[C@@H](O)[C@H]1OC(=O)[C@@]3(C)C[C@H](O[C@@H]4O[C@H](CO[C@@H]5O[C@H](CO)[C@@H](O)[C@H](O[C@@H]6O[C@H](CO)[C@@H](O)[C@H](O)[C@H]6O)[C@H]5O)[C@@H](O)[C@H](O)[C@H]4O)C[C@@]2(C)[C@@H]13. The predicted molar refractivity (Wildman–Crippen MR) is 186 cm³/mol. The molecule has 0 bridgehead atoms. The van der Waals surface area contributed by atoms with Crippen molar-refractivity contribution in [2.24, 2.45) is 11.3 Å². The van der Waals surface area contributed by atoms with Crippen LogP contribution in [0.4, 0.5) is 0 Å². The highest BCUT2D eigenvalue weighted by molar-refractivity contribution is 5.81. The molecule has 0 aromatic carbocycles. The number of esters is 1. The topological polar surface area (TPSA) is 334 Å².